The predicted octanol–water partition coefficient (Wildman–Crippen LogP) is 4.06. The maximum atomic E-state index is 13.2. The average Bonchev–Trinajstić information content (AvgIpc) is 3.00. The lowest BCUT2D eigenvalue weighted by atomic mass is 9.99. The summed E-state index contributed by atoms with van der Waals surface area (Å²) in [5.41, 5.74) is 0.969. The molecule has 2 heterocycles. The molecule has 0 aromatic heterocycles. The van der Waals surface area contributed by atoms with Gasteiger partial charge >= 0.3 is 0 Å². The zero-order chi connectivity index (χ0) is 17.9. The molecule has 3 atom stereocenters. The number of hydrogen-bond acceptors (Lipinski definition) is 3. The quantitative estimate of drug-likeness (QED) is 0.780. The van der Waals surface area contributed by atoms with E-state index >= 15 is 0 Å². The van der Waals surface area contributed by atoms with Crippen molar-refractivity contribution in [3.05, 3.63) is 66.0 Å². The van der Waals surface area contributed by atoms with Crippen LogP contribution in [0.15, 0.2) is 59.5 Å². The second kappa shape index (κ2) is 7.80. The minimum Gasteiger partial charge on any atom is -0.352 e. The third-order valence-corrected chi connectivity index (χ3v) is 6.49. The molecule has 2 aliphatic rings. The van der Waals surface area contributed by atoms with Crippen molar-refractivity contribution in [1.82, 2.24) is 10.6 Å². The van der Waals surface area contributed by atoms with Crippen molar-refractivity contribution < 1.29 is 9.18 Å². The Morgan fingerprint density at radius 1 is 1.04 bits per heavy atom. The minimum absolute atomic E-state index is 0.0387. The van der Waals surface area contributed by atoms with Crippen LogP contribution in [0.1, 0.15) is 36.5 Å². The van der Waals surface area contributed by atoms with Crippen LogP contribution >= 0.6 is 11.8 Å². The van der Waals surface area contributed by atoms with E-state index in [9.17, 15) is 9.18 Å². The average molecular weight is 370 g/mol. The van der Waals surface area contributed by atoms with E-state index in [1.54, 1.807) is 12.1 Å². The van der Waals surface area contributed by atoms with E-state index in [-0.39, 0.29) is 23.0 Å². The molecule has 5 heteroatoms. The summed E-state index contributed by atoms with van der Waals surface area (Å²) in [5, 5.41) is 6.54. The van der Waals surface area contributed by atoms with Crippen molar-refractivity contribution in [2.45, 2.75) is 54.0 Å². The van der Waals surface area contributed by atoms with E-state index in [1.807, 2.05) is 30.3 Å². The first-order chi connectivity index (χ1) is 12.7. The number of piperidine rings is 1. The summed E-state index contributed by atoms with van der Waals surface area (Å²) < 4.78 is 13.2. The molecule has 1 amide bonds. The van der Waals surface area contributed by atoms with Gasteiger partial charge in [0.2, 0.25) is 5.91 Å². The van der Waals surface area contributed by atoms with Crippen LogP contribution in [-0.4, -0.2) is 24.0 Å². The second-order valence-corrected chi connectivity index (χ2v) is 8.36. The van der Waals surface area contributed by atoms with Crippen molar-refractivity contribution in [3.63, 3.8) is 0 Å². The van der Waals surface area contributed by atoms with E-state index in [4.69, 9.17) is 0 Å². The molecule has 3 nitrogen and oxygen atoms in total. The topological polar surface area (TPSA) is 41.1 Å². The third-order valence-electron chi connectivity index (χ3n) is 5.23. The van der Waals surface area contributed by atoms with Crippen molar-refractivity contribution in [3.8, 4) is 0 Å². The highest BCUT2D eigenvalue weighted by Crippen LogP contribution is 2.36. The van der Waals surface area contributed by atoms with Crippen LogP contribution in [0.4, 0.5) is 4.39 Å². The first-order valence-corrected chi connectivity index (χ1v) is 10.1. The molecule has 2 bridgehead atoms. The zero-order valence-corrected chi connectivity index (χ0v) is 15.3. The molecule has 3 unspecified atom stereocenters. The van der Waals surface area contributed by atoms with Gasteiger partial charge in [0.1, 0.15) is 11.1 Å². The summed E-state index contributed by atoms with van der Waals surface area (Å²) in [6, 6.07) is 17.5. The molecule has 0 saturated carbocycles. The highest BCUT2D eigenvalue weighted by atomic mass is 32.2. The van der Waals surface area contributed by atoms with Gasteiger partial charge in [-0.2, -0.15) is 0 Å². The number of rotatable bonds is 5. The van der Waals surface area contributed by atoms with Crippen LogP contribution in [-0.2, 0) is 4.79 Å². The Morgan fingerprint density at radius 2 is 1.69 bits per heavy atom. The number of nitrogens with one attached hydrogen (secondary N) is 2. The van der Waals surface area contributed by atoms with E-state index in [0.717, 1.165) is 23.3 Å². The summed E-state index contributed by atoms with van der Waals surface area (Å²) >= 11 is 1.47. The van der Waals surface area contributed by atoms with Crippen molar-refractivity contribution in [2.75, 3.05) is 0 Å². The van der Waals surface area contributed by atoms with E-state index in [1.165, 1.54) is 36.7 Å². The van der Waals surface area contributed by atoms with Crippen LogP contribution in [0, 0.1) is 5.82 Å². The van der Waals surface area contributed by atoms with Gasteiger partial charge in [0.05, 0.1) is 0 Å². The Labute approximate surface area is 157 Å². The summed E-state index contributed by atoms with van der Waals surface area (Å²) in [6.07, 6.45) is 4.43. The molecule has 0 spiro atoms. The number of benzene rings is 2. The number of hydrogen-bond donors (Lipinski definition) is 2. The predicted molar refractivity (Wildman–Crippen MR) is 103 cm³/mol. The number of fused-ring (bicyclic) bond motifs is 2. The van der Waals surface area contributed by atoms with Crippen LogP contribution in [0.2, 0.25) is 0 Å². The van der Waals surface area contributed by atoms with Crippen LogP contribution in [0.3, 0.4) is 0 Å². The molecule has 2 fully saturated rings. The Bertz CT molecular complexity index is 740. The summed E-state index contributed by atoms with van der Waals surface area (Å²) in [4.78, 5) is 14.0. The van der Waals surface area contributed by atoms with Crippen molar-refractivity contribution in [2.24, 2.45) is 0 Å². The van der Waals surface area contributed by atoms with Gasteiger partial charge in [-0.3, -0.25) is 4.79 Å². The molecule has 0 aliphatic carbocycles. The van der Waals surface area contributed by atoms with Gasteiger partial charge in [0, 0.05) is 23.0 Å². The molecular formula is C21H23FN2OS. The van der Waals surface area contributed by atoms with Gasteiger partial charge in [-0.1, -0.05) is 30.3 Å². The fraction of sp³-hybridized carbons (Fsp3) is 0.381. The summed E-state index contributed by atoms with van der Waals surface area (Å²) in [5.74, 6) is -0.225. The molecule has 136 valence electrons. The maximum absolute atomic E-state index is 13.2. The molecule has 2 aromatic rings. The molecule has 26 heavy (non-hydrogen) atoms. The van der Waals surface area contributed by atoms with Gasteiger partial charge in [-0.25, -0.2) is 4.39 Å². The number of halogens is 1. The van der Waals surface area contributed by atoms with Gasteiger partial charge in [-0.05, 0) is 55.5 Å². The van der Waals surface area contributed by atoms with Gasteiger partial charge < -0.3 is 10.6 Å². The molecule has 2 aliphatic heterocycles. The van der Waals surface area contributed by atoms with E-state index in [0.29, 0.717) is 12.1 Å². The first-order valence-electron chi connectivity index (χ1n) is 9.21. The van der Waals surface area contributed by atoms with Gasteiger partial charge in [-0.15, -0.1) is 11.8 Å². The number of carbonyl (C=O) groups excluding carboxylic acids is 1. The number of thioether (sulfide) groups is 1. The Morgan fingerprint density at radius 3 is 2.35 bits per heavy atom. The van der Waals surface area contributed by atoms with Crippen molar-refractivity contribution in [1.29, 1.82) is 0 Å². The largest absolute Gasteiger partial charge is 0.352 e. The molecule has 2 aromatic carbocycles. The summed E-state index contributed by atoms with van der Waals surface area (Å²) in [6.45, 7) is 0. The molecule has 2 saturated heterocycles. The van der Waals surface area contributed by atoms with Crippen molar-refractivity contribution >= 4 is 17.7 Å². The van der Waals surface area contributed by atoms with Crippen LogP contribution < -0.4 is 10.6 Å². The Hall–Kier alpha value is -1.85. The fourth-order valence-corrected chi connectivity index (χ4v) is 5.04. The highest BCUT2D eigenvalue weighted by molar-refractivity contribution is 8.00. The minimum atomic E-state index is -0.339. The van der Waals surface area contributed by atoms with Crippen LogP contribution in [0.25, 0.3) is 0 Å². The Balaban J connectivity index is 1.50. The fourth-order valence-electron chi connectivity index (χ4n) is 4.00. The monoisotopic (exact) mass is 370 g/mol. The molecule has 2 N–H and O–H groups in total. The lowest BCUT2D eigenvalue weighted by Crippen LogP contribution is -2.48. The van der Waals surface area contributed by atoms with E-state index < -0.39 is 0 Å². The van der Waals surface area contributed by atoms with Gasteiger partial charge in [0.15, 0.2) is 0 Å². The molecular weight excluding hydrogens is 347 g/mol. The SMILES string of the molecule is O=C(NC1CC2CCC(C1)N2)C(Sc1ccc(F)cc1)c1ccccc1. The molecule has 4 rings (SSSR count). The Kier molecular flexibility index (Phi) is 5.27. The number of amides is 1. The van der Waals surface area contributed by atoms with E-state index in [2.05, 4.69) is 10.6 Å². The molecule has 0 radical (unpaired) electrons. The normalized spacial score (nSPS) is 25.7. The highest BCUT2D eigenvalue weighted by Gasteiger charge is 2.35. The maximum Gasteiger partial charge on any atom is 0.238 e. The lowest BCUT2D eigenvalue weighted by molar-refractivity contribution is -0.121. The lowest BCUT2D eigenvalue weighted by Gasteiger charge is -2.31. The first kappa shape index (κ1) is 17.6. The van der Waals surface area contributed by atoms with Gasteiger partial charge in [0.25, 0.3) is 0 Å². The van der Waals surface area contributed by atoms with Crippen LogP contribution in [0.5, 0.6) is 0 Å². The zero-order valence-electron chi connectivity index (χ0n) is 14.5. The second-order valence-electron chi connectivity index (χ2n) is 7.18. The summed E-state index contributed by atoms with van der Waals surface area (Å²) in [7, 11) is 0. The standard InChI is InChI=1S/C21H23FN2OS/c22-15-6-10-19(11-7-15)26-20(14-4-2-1-3-5-14)21(25)24-18-12-16-8-9-17(13-18)23-16/h1-7,10-11,16-18,20,23H,8-9,12-13H2,(H,24,25). The third kappa shape index (κ3) is 4.10. The number of carbonyl (C=O) groups is 1. The smallest absolute Gasteiger partial charge is 0.238 e.